The second kappa shape index (κ2) is 10.5. The van der Waals surface area contributed by atoms with E-state index in [0.717, 1.165) is 16.7 Å². The van der Waals surface area contributed by atoms with Gasteiger partial charge in [0.05, 0.1) is 11.5 Å². The lowest BCUT2D eigenvalue weighted by Gasteiger charge is -2.08. The summed E-state index contributed by atoms with van der Waals surface area (Å²) in [6.07, 6.45) is 0. The Labute approximate surface area is 174 Å². The van der Waals surface area contributed by atoms with Crippen LogP contribution in [0.3, 0.4) is 0 Å². The number of nitrogens with one attached hydrogen (secondary N) is 2. The molecule has 0 atom stereocenters. The Hall–Kier alpha value is -2.96. The van der Waals surface area contributed by atoms with E-state index in [1.807, 2.05) is 54.8 Å². The molecule has 0 fully saturated rings. The van der Waals surface area contributed by atoms with Crippen molar-refractivity contribution in [1.82, 2.24) is 10.6 Å². The molecule has 2 amide bonds. The van der Waals surface area contributed by atoms with E-state index < -0.39 is 0 Å². The van der Waals surface area contributed by atoms with Crippen molar-refractivity contribution in [2.75, 3.05) is 6.61 Å². The molecule has 6 heteroatoms. The molecule has 0 unspecified atom stereocenters. The lowest BCUT2D eigenvalue weighted by Crippen LogP contribution is -2.23. The van der Waals surface area contributed by atoms with E-state index in [4.69, 9.17) is 4.74 Å². The SMILES string of the molecule is CCOCc1ccc(CNC(=O)c2ccc(CNC(=O)c3cccs3)cc2)cc1. The topological polar surface area (TPSA) is 67.4 Å². The van der Waals surface area contributed by atoms with Gasteiger partial charge in [-0.05, 0) is 47.2 Å². The van der Waals surface area contributed by atoms with E-state index in [0.29, 0.717) is 36.7 Å². The first-order chi connectivity index (χ1) is 14.2. The van der Waals surface area contributed by atoms with Gasteiger partial charge in [0.25, 0.3) is 11.8 Å². The van der Waals surface area contributed by atoms with Crippen molar-refractivity contribution >= 4 is 23.2 Å². The number of carbonyl (C=O) groups is 2. The molecule has 2 aromatic carbocycles. The molecule has 0 aliphatic rings. The minimum atomic E-state index is -0.127. The minimum absolute atomic E-state index is 0.0888. The predicted octanol–water partition coefficient (Wildman–Crippen LogP) is 4.14. The molecular weight excluding hydrogens is 384 g/mol. The van der Waals surface area contributed by atoms with Crippen LogP contribution in [-0.2, 0) is 24.4 Å². The smallest absolute Gasteiger partial charge is 0.261 e. The highest BCUT2D eigenvalue weighted by Gasteiger charge is 2.08. The summed E-state index contributed by atoms with van der Waals surface area (Å²) >= 11 is 1.41. The number of carbonyl (C=O) groups excluding carboxylic acids is 2. The van der Waals surface area contributed by atoms with Crippen LogP contribution in [0.5, 0.6) is 0 Å². The Kier molecular flexibility index (Phi) is 7.55. The molecule has 1 heterocycles. The molecule has 5 nitrogen and oxygen atoms in total. The Balaban J connectivity index is 1.46. The average Bonchev–Trinajstić information content (AvgIpc) is 3.30. The first-order valence-corrected chi connectivity index (χ1v) is 10.4. The van der Waals surface area contributed by atoms with E-state index in [-0.39, 0.29) is 11.8 Å². The highest BCUT2D eigenvalue weighted by molar-refractivity contribution is 7.12. The van der Waals surface area contributed by atoms with Gasteiger partial charge in [-0.3, -0.25) is 9.59 Å². The van der Waals surface area contributed by atoms with Crippen LogP contribution >= 0.6 is 11.3 Å². The molecular formula is C23H24N2O3S. The summed E-state index contributed by atoms with van der Waals surface area (Å²) in [6, 6.07) is 18.9. The van der Waals surface area contributed by atoms with Crippen LogP contribution in [0.1, 0.15) is 43.6 Å². The van der Waals surface area contributed by atoms with Gasteiger partial charge in [-0.2, -0.15) is 0 Å². The fourth-order valence-corrected chi connectivity index (χ4v) is 3.35. The highest BCUT2D eigenvalue weighted by Crippen LogP contribution is 2.10. The van der Waals surface area contributed by atoms with Crippen molar-refractivity contribution < 1.29 is 14.3 Å². The van der Waals surface area contributed by atoms with Gasteiger partial charge in [0.15, 0.2) is 0 Å². The van der Waals surface area contributed by atoms with Crippen LogP contribution < -0.4 is 10.6 Å². The predicted molar refractivity (Wildman–Crippen MR) is 115 cm³/mol. The molecule has 29 heavy (non-hydrogen) atoms. The zero-order chi connectivity index (χ0) is 20.5. The van der Waals surface area contributed by atoms with Gasteiger partial charge >= 0.3 is 0 Å². The van der Waals surface area contributed by atoms with Crippen molar-refractivity contribution in [3.8, 4) is 0 Å². The largest absolute Gasteiger partial charge is 0.377 e. The highest BCUT2D eigenvalue weighted by atomic mass is 32.1. The summed E-state index contributed by atoms with van der Waals surface area (Å²) in [6.45, 7) is 4.15. The molecule has 150 valence electrons. The number of hydrogen-bond donors (Lipinski definition) is 2. The first-order valence-electron chi connectivity index (χ1n) is 9.50. The summed E-state index contributed by atoms with van der Waals surface area (Å²) in [4.78, 5) is 25.0. The zero-order valence-electron chi connectivity index (χ0n) is 16.3. The molecule has 0 saturated heterocycles. The lowest BCUT2D eigenvalue weighted by molar-refractivity contribution is 0.0943. The molecule has 0 bridgehead atoms. The maximum Gasteiger partial charge on any atom is 0.261 e. The van der Waals surface area contributed by atoms with Crippen LogP contribution in [0.2, 0.25) is 0 Å². The number of benzene rings is 2. The molecule has 0 radical (unpaired) electrons. The van der Waals surface area contributed by atoms with Gasteiger partial charge in [0.2, 0.25) is 0 Å². The molecule has 1 aromatic heterocycles. The number of ether oxygens (including phenoxy) is 1. The summed E-state index contributed by atoms with van der Waals surface area (Å²) in [5, 5.41) is 7.68. The summed E-state index contributed by atoms with van der Waals surface area (Å²) < 4.78 is 5.38. The van der Waals surface area contributed by atoms with Crippen molar-refractivity contribution in [3.63, 3.8) is 0 Å². The number of amides is 2. The Morgan fingerprint density at radius 3 is 2.00 bits per heavy atom. The molecule has 0 spiro atoms. The molecule has 0 aliphatic carbocycles. The van der Waals surface area contributed by atoms with Crippen LogP contribution in [0.15, 0.2) is 66.0 Å². The second-order valence-corrected chi connectivity index (χ2v) is 7.44. The normalized spacial score (nSPS) is 10.5. The molecule has 0 saturated carbocycles. The molecule has 2 N–H and O–H groups in total. The van der Waals surface area contributed by atoms with Crippen LogP contribution in [0, 0.1) is 0 Å². The Bertz CT molecular complexity index is 920. The van der Waals surface area contributed by atoms with Crippen molar-refractivity contribution in [3.05, 3.63) is 93.2 Å². The first kappa shape index (κ1) is 20.8. The van der Waals surface area contributed by atoms with Crippen molar-refractivity contribution in [2.24, 2.45) is 0 Å². The molecule has 0 aliphatic heterocycles. The summed E-state index contributed by atoms with van der Waals surface area (Å²) in [7, 11) is 0. The minimum Gasteiger partial charge on any atom is -0.377 e. The molecule has 3 aromatic rings. The van der Waals surface area contributed by atoms with Gasteiger partial charge in [0, 0.05) is 25.3 Å². The third kappa shape index (κ3) is 6.27. The quantitative estimate of drug-likeness (QED) is 0.559. The molecule has 3 rings (SSSR count). The van der Waals surface area contributed by atoms with E-state index in [1.54, 1.807) is 18.2 Å². The number of hydrogen-bond acceptors (Lipinski definition) is 4. The van der Waals surface area contributed by atoms with Crippen molar-refractivity contribution in [2.45, 2.75) is 26.6 Å². The van der Waals surface area contributed by atoms with Gasteiger partial charge in [-0.15, -0.1) is 11.3 Å². The number of rotatable bonds is 9. The van der Waals surface area contributed by atoms with Crippen LogP contribution in [0.25, 0.3) is 0 Å². The second-order valence-electron chi connectivity index (χ2n) is 6.49. The van der Waals surface area contributed by atoms with Gasteiger partial charge in [0.1, 0.15) is 0 Å². The Morgan fingerprint density at radius 2 is 1.41 bits per heavy atom. The third-order valence-corrected chi connectivity index (χ3v) is 5.23. The fraction of sp³-hybridized carbons (Fsp3) is 0.217. The van der Waals surface area contributed by atoms with E-state index in [9.17, 15) is 9.59 Å². The van der Waals surface area contributed by atoms with Gasteiger partial charge in [-0.1, -0.05) is 42.5 Å². The maximum absolute atomic E-state index is 12.4. The summed E-state index contributed by atoms with van der Waals surface area (Å²) in [5.41, 5.74) is 3.68. The zero-order valence-corrected chi connectivity index (χ0v) is 17.1. The maximum atomic E-state index is 12.4. The average molecular weight is 409 g/mol. The lowest BCUT2D eigenvalue weighted by atomic mass is 10.1. The Morgan fingerprint density at radius 1 is 0.828 bits per heavy atom. The standard InChI is InChI=1S/C23H24N2O3S/c1-2-28-16-19-7-5-17(6-8-19)14-24-22(26)20-11-9-18(10-12-20)15-25-23(27)21-4-3-13-29-21/h3-13H,2,14-16H2,1H3,(H,24,26)(H,25,27). The summed E-state index contributed by atoms with van der Waals surface area (Å²) in [5.74, 6) is -0.216. The van der Waals surface area contributed by atoms with E-state index in [1.165, 1.54) is 11.3 Å². The van der Waals surface area contributed by atoms with E-state index >= 15 is 0 Å². The van der Waals surface area contributed by atoms with E-state index in [2.05, 4.69) is 10.6 Å². The number of thiophene rings is 1. The monoisotopic (exact) mass is 408 g/mol. The van der Waals surface area contributed by atoms with Gasteiger partial charge in [-0.25, -0.2) is 0 Å². The van der Waals surface area contributed by atoms with Crippen LogP contribution in [0.4, 0.5) is 0 Å². The third-order valence-electron chi connectivity index (χ3n) is 4.36. The fourth-order valence-electron chi connectivity index (χ4n) is 2.71. The van der Waals surface area contributed by atoms with Crippen LogP contribution in [-0.4, -0.2) is 18.4 Å². The van der Waals surface area contributed by atoms with Gasteiger partial charge < -0.3 is 15.4 Å². The van der Waals surface area contributed by atoms with Crippen molar-refractivity contribution in [1.29, 1.82) is 0 Å².